The standard InChI is InChI=1S/C23H18N6O2S/c1-14-6-8-15(9-7-14)18-10-11-19(26-25-18)24-23-28-27-20(32-23)12-13-29-21(30)16-4-2-3-5-17(16)22(29)31/h2-11H,12-13H2,1H3,(H,24,26,28). The molecule has 0 aliphatic carbocycles. The molecule has 1 aliphatic heterocycles. The molecule has 8 nitrogen and oxygen atoms in total. The first-order chi connectivity index (χ1) is 15.6. The lowest BCUT2D eigenvalue weighted by atomic mass is 10.1. The van der Waals surface area contributed by atoms with Crippen molar-refractivity contribution in [2.75, 3.05) is 11.9 Å². The van der Waals surface area contributed by atoms with Crippen LogP contribution in [0.15, 0.2) is 60.7 Å². The molecule has 0 unspecified atom stereocenters. The van der Waals surface area contributed by atoms with Gasteiger partial charge in [0.05, 0.1) is 16.8 Å². The van der Waals surface area contributed by atoms with Crippen molar-refractivity contribution in [2.45, 2.75) is 13.3 Å². The van der Waals surface area contributed by atoms with Gasteiger partial charge in [-0.1, -0.05) is 53.3 Å². The minimum absolute atomic E-state index is 0.256. The second-order valence-corrected chi connectivity index (χ2v) is 8.42. The number of carbonyl (C=O) groups is 2. The molecule has 1 N–H and O–H groups in total. The van der Waals surface area contributed by atoms with E-state index in [1.54, 1.807) is 24.3 Å². The van der Waals surface area contributed by atoms with Gasteiger partial charge in [-0.25, -0.2) is 0 Å². The Bertz CT molecular complexity index is 1270. The molecule has 1 aliphatic rings. The Morgan fingerprint density at radius 1 is 0.844 bits per heavy atom. The van der Waals surface area contributed by atoms with Gasteiger partial charge in [0, 0.05) is 18.5 Å². The Kier molecular flexibility index (Phi) is 5.16. The van der Waals surface area contributed by atoms with Gasteiger partial charge in [0.2, 0.25) is 5.13 Å². The van der Waals surface area contributed by atoms with Crippen LogP contribution in [0.2, 0.25) is 0 Å². The number of aromatic nitrogens is 4. The summed E-state index contributed by atoms with van der Waals surface area (Å²) >= 11 is 1.35. The van der Waals surface area contributed by atoms with Crippen LogP contribution < -0.4 is 5.32 Å². The highest BCUT2D eigenvalue weighted by atomic mass is 32.1. The van der Waals surface area contributed by atoms with E-state index in [1.165, 1.54) is 21.8 Å². The summed E-state index contributed by atoms with van der Waals surface area (Å²) in [6.45, 7) is 2.30. The first-order valence-electron chi connectivity index (χ1n) is 10.0. The monoisotopic (exact) mass is 442 g/mol. The zero-order chi connectivity index (χ0) is 22.1. The second-order valence-electron chi connectivity index (χ2n) is 7.35. The SMILES string of the molecule is Cc1ccc(-c2ccc(Nc3nnc(CCN4C(=O)c5ccccc5C4=O)s3)nn2)cc1. The minimum atomic E-state index is -0.266. The smallest absolute Gasteiger partial charge is 0.261 e. The Labute approximate surface area is 188 Å². The van der Waals surface area contributed by atoms with E-state index in [9.17, 15) is 9.59 Å². The van der Waals surface area contributed by atoms with Gasteiger partial charge < -0.3 is 5.32 Å². The van der Waals surface area contributed by atoms with E-state index in [1.807, 2.05) is 43.3 Å². The van der Waals surface area contributed by atoms with Crippen LogP contribution in [0.1, 0.15) is 31.3 Å². The maximum absolute atomic E-state index is 12.5. The van der Waals surface area contributed by atoms with Crippen LogP contribution in [-0.2, 0) is 6.42 Å². The number of rotatable bonds is 6. The molecule has 0 radical (unpaired) electrons. The number of fused-ring (bicyclic) bond motifs is 1. The highest BCUT2D eigenvalue weighted by molar-refractivity contribution is 7.15. The van der Waals surface area contributed by atoms with Gasteiger partial charge in [-0.05, 0) is 31.2 Å². The third kappa shape index (κ3) is 3.85. The third-order valence-electron chi connectivity index (χ3n) is 5.14. The number of nitrogens with one attached hydrogen (secondary N) is 1. The van der Waals surface area contributed by atoms with Crippen LogP contribution >= 0.6 is 11.3 Å². The fraction of sp³-hybridized carbons (Fsp3) is 0.130. The van der Waals surface area contributed by atoms with Gasteiger partial charge in [-0.2, -0.15) is 0 Å². The number of nitrogens with zero attached hydrogens (tertiary/aromatic N) is 5. The van der Waals surface area contributed by atoms with Crippen molar-refractivity contribution in [3.8, 4) is 11.3 Å². The number of imide groups is 1. The molecule has 0 atom stereocenters. The molecule has 2 amide bonds. The first kappa shape index (κ1) is 20.0. The average Bonchev–Trinajstić information content (AvgIpc) is 3.36. The zero-order valence-electron chi connectivity index (χ0n) is 17.1. The number of benzene rings is 2. The van der Waals surface area contributed by atoms with Crippen LogP contribution in [0, 0.1) is 6.92 Å². The van der Waals surface area contributed by atoms with E-state index < -0.39 is 0 Å². The van der Waals surface area contributed by atoms with E-state index >= 15 is 0 Å². The topological polar surface area (TPSA) is 101 Å². The van der Waals surface area contributed by atoms with Crippen LogP contribution in [-0.4, -0.2) is 43.7 Å². The summed E-state index contributed by atoms with van der Waals surface area (Å²) in [5.41, 5.74) is 3.88. The molecule has 158 valence electrons. The molecule has 0 fully saturated rings. The molecular formula is C23H18N6O2S. The van der Waals surface area contributed by atoms with E-state index in [0.29, 0.717) is 33.5 Å². The summed E-state index contributed by atoms with van der Waals surface area (Å²) in [7, 11) is 0. The molecule has 5 rings (SSSR count). The molecule has 32 heavy (non-hydrogen) atoms. The van der Waals surface area contributed by atoms with Gasteiger partial charge in [0.1, 0.15) is 5.01 Å². The molecule has 9 heteroatoms. The molecule has 2 aromatic carbocycles. The summed E-state index contributed by atoms with van der Waals surface area (Å²) in [4.78, 5) is 26.2. The molecule has 0 saturated carbocycles. The number of hydrogen-bond donors (Lipinski definition) is 1. The number of carbonyl (C=O) groups excluding carboxylic acids is 2. The number of amides is 2. The third-order valence-corrected chi connectivity index (χ3v) is 6.04. The van der Waals surface area contributed by atoms with Crippen LogP contribution in [0.3, 0.4) is 0 Å². The lowest BCUT2D eigenvalue weighted by Gasteiger charge is -2.12. The summed E-state index contributed by atoms with van der Waals surface area (Å²) < 4.78 is 0. The summed E-state index contributed by atoms with van der Waals surface area (Å²) in [5.74, 6) is 0.0266. The van der Waals surface area contributed by atoms with Crippen molar-refractivity contribution < 1.29 is 9.59 Å². The molecule has 2 aromatic heterocycles. The number of hydrogen-bond acceptors (Lipinski definition) is 8. The lowest BCUT2D eigenvalue weighted by molar-refractivity contribution is 0.0656. The van der Waals surface area contributed by atoms with Gasteiger partial charge in [-0.3, -0.25) is 14.5 Å². The predicted molar refractivity (Wildman–Crippen MR) is 121 cm³/mol. The van der Waals surface area contributed by atoms with Gasteiger partial charge in [-0.15, -0.1) is 20.4 Å². The molecule has 0 saturated heterocycles. The average molecular weight is 443 g/mol. The summed E-state index contributed by atoms with van der Waals surface area (Å²) in [5, 5.41) is 21.1. The van der Waals surface area contributed by atoms with Crippen molar-refractivity contribution in [1.29, 1.82) is 0 Å². The van der Waals surface area contributed by atoms with E-state index in [4.69, 9.17) is 0 Å². The van der Waals surface area contributed by atoms with Gasteiger partial charge in [0.15, 0.2) is 5.82 Å². The van der Waals surface area contributed by atoms with Crippen molar-refractivity contribution in [2.24, 2.45) is 0 Å². The van der Waals surface area contributed by atoms with E-state index in [2.05, 4.69) is 25.7 Å². The highest BCUT2D eigenvalue weighted by Crippen LogP contribution is 2.25. The maximum atomic E-state index is 12.5. The summed E-state index contributed by atoms with van der Waals surface area (Å²) in [6, 6.07) is 18.7. The van der Waals surface area contributed by atoms with Crippen molar-refractivity contribution in [3.63, 3.8) is 0 Å². The zero-order valence-corrected chi connectivity index (χ0v) is 18.0. The van der Waals surface area contributed by atoms with Crippen molar-refractivity contribution in [1.82, 2.24) is 25.3 Å². The van der Waals surface area contributed by atoms with E-state index in [-0.39, 0.29) is 18.4 Å². The van der Waals surface area contributed by atoms with Crippen molar-refractivity contribution >= 4 is 34.1 Å². The number of anilines is 2. The van der Waals surface area contributed by atoms with Crippen molar-refractivity contribution in [3.05, 3.63) is 82.4 Å². The van der Waals surface area contributed by atoms with Gasteiger partial charge in [0.25, 0.3) is 11.8 Å². The van der Waals surface area contributed by atoms with Crippen LogP contribution in [0.5, 0.6) is 0 Å². The first-order valence-corrected chi connectivity index (χ1v) is 10.9. The minimum Gasteiger partial charge on any atom is -0.313 e. The van der Waals surface area contributed by atoms with Crippen LogP contribution in [0.4, 0.5) is 10.9 Å². The molecule has 0 spiro atoms. The fourth-order valence-electron chi connectivity index (χ4n) is 3.44. The Morgan fingerprint density at radius 2 is 1.56 bits per heavy atom. The molecule has 4 aromatic rings. The molecule has 0 bridgehead atoms. The highest BCUT2D eigenvalue weighted by Gasteiger charge is 2.34. The number of aryl methyl sites for hydroxylation is 1. The van der Waals surface area contributed by atoms with E-state index in [0.717, 1.165) is 11.3 Å². The maximum Gasteiger partial charge on any atom is 0.261 e. The Hall–Kier alpha value is -3.98. The quantitative estimate of drug-likeness (QED) is 0.452. The second kappa shape index (κ2) is 8.27. The fourth-order valence-corrected chi connectivity index (χ4v) is 4.18. The molecular weight excluding hydrogens is 424 g/mol. The largest absolute Gasteiger partial charge is 0.313 e. The Balaban J connectivity index is 1.21. The molecule has 3 heterocycles. The predicted octanol–water partition coefficient (Wildman–Crippen LogP) is 3.89. The summed E-state index contributed by atoms with van der Waals surface area (Å²) in [6.07, 6.45) is 0.433. The Morgan fingerprint density at radius 3 is 2.22 bits per heavy atom. The van der Waals surface area contributed by atoms with Crippen LogP contribution in [0.25, 0.3) is 11.3 Å². The van der Waals surface area contributed by atoms with Gasteiger partial charge >= 0.3 is 0 Å². The normalized spacial score (nSPS) is 12.8. The lowest BCUT2D eigenvalue weighted by Crippen LogP contribution is -2.31.